The third-order valence-corrected chi connectivity index (χ3v) is 9.79. The number of rotatable bonds is 0. The lowest BCUT2D eigenvalue weighted by atomic mass is 9.84. The van der Waals surface area contributed by atoms with Gasteiger partial charge in [0.1, 0.15) is 9.75 Å². The fraction of sp³-hybridized carbons (Fsp3) is 0.800. The first-order valence-electron chi connectivity index (χ1n) is 5.21. The van der Waals surface area contributed by atoms with Gasteiger partial charge in [0.2, 0.25) is 0 Å². The van der Waals surface area contributed by atoms with Gasteiger partial charge < -0.3 is 0 Å². The van der Waals surface area contributed by atoms with Crippen LogP contribution in [0.2, 0.25) is 0 Å². The van der Waals surface area contributed by atoms with Crippen molar-refractivity contribution >= 4 is 92.8 Å². The van der Waals surface area contributed by atoms with Gasteiger partial charge in [-0.1, -0.05) is 46.4 Å². The standard InChI is InChI=1S/C10H6Cl8/c11-3-1-2-4(5(3)12)9(16)7(14)6(13)8(2,15)10(9,17)18/h2-5H,1H2/t2-,3?,4-,5?,8-,9+/m1/s1. The summed E-state index contributed by atoms with van der Waals surface area (Å²) < 4.78 is -1.50. The average Bonchev–Trinajstić information content (AvgIpc) is 2.69. The molecule has 3 aliphatic rings. The number of hydrogen-bond donors (Lipinski definition) is 0. The van der Waals surface area contributed by atoms with Crippen LogP contribution in [0.3, 0.4) is 0 Å². The Balaban J connectivity index is 2.26. The Bertz CT molecular complexity index is 459. The SMILES string of the molecule is ClC1=C(Cl)[C@]2(Cl)[C@@H]3CC(Cl)C(Cl)[C@@H]3[C@@]1(Cl)C2(Cl)Cl. The second-order valence-electron chi connectivity index (χ2n) is 4.95. The van der Waals surface area contributed by atoms with E-state index in [1.807, 2.05) is 0 Å². The lowest BCUT2D eigenvalue weighted by molar-refractivity contribution is 0.385. The molecule has 0 nitrogen and oxygen atoms in total. The first kappa shape index (κ1) is 15.0. The van der Waals surface area contributed by atoms with Gasteiger partial charge in [-0.05, 0) is 12.3 Å². The Morgan fingerprint density at radius 2 is 1.39 bits per heavy atom. The quantitative estimate of drug-likeness (QED) is 0.451. The second-order valence-corrected chi connectivity index (χ2v) is 9.29. The molecule has 3 aliphatic carbocycles. The average molecular weight is 410 g/mol. The van der Waals surface area contributed by atoms with Crippen molar-refractivity contribution in [3.63, 3.8) is 0 Å². The van der Waals surface area contributed by atoms with E-state index in [4.69, 9.17) is 92.8 Å². The van der Waals surface area contributed by atoms with Gasteiger partial charge in [-0.3, -0.25) is 0 Å². The second kappa shape index (κ2) is 4.07. The van der Waals surface area contributed by atoms with E-state index in [2.05, 4.69) is 0 Å². The highest BCUT2D eigenvalue weighted by Crippen LogP contribution is 2.79. The zero-order chi connectivity index (χ0) is 13.7. The molecule has 6 atom stereocenters. The molecular weight excluding hydrogens is 404 g/mol. The van der Waals surface area contributed by atoms with Crippen LogP contribution in [0.5, 0.6) is 0 Å². The van der Waals surface area contributed by atoms with Crippen molar-refractivity contribution in [2.75, 3.05) is 0 Å². The molecule has 2 saturated carbocycles. The number of halogens is 8. The van der Waals surface area contributed by atoms with Gasteiger partial charge in [0.15, 0.2) is 4.33 Å². The van der Waals surface area contributed by atoms with E-state index in [1.54, 1.807) is 0 Å². The molecule has 0 spiro atoms. The highest BCUT2D eigenvalue weighted by atomic mass is 35.5. The maximum atomic E-state index is 6.62. The van der Waals surface area contributed by atoms with Crippen molar-refractivity contribution in [3.05, 3.63) is 10.1 Å². The first-order valence-corrected chi connectivity index (χ1v) is 8.35. The minimum Gasteiger partial charge on any atom is -0.121 e. The molecule has 102 valence electrons. The molecule has 2 unspecified atom stereocenters. The maximum absolute atomic E-state index is 6.62. The highest BCUT2D eigenvalue weighted by Gasteiger charge is 2.84. The molecule has 0 heterocycles. The molecule has 3 rings (SSSR count). The summed E-state index contributed by atoms with van der Waals surface area (Å²) in [6, 6.07) is 0. The monoisotopic (exact) mass is 406 g/mol. The molecule has 0 aromatic carbocycles. The van der Waals surface area contributed by atoms with Crippen molar-refractivity contribution in [2.45, 2.75) is 31.3 Å². The van der Waals surface area contributed by atoms with Crippen molar-refractivity contribution in [1.82, 2.24) is 0 Å². The normalized spacial score (nSPS) is 57.3. The van der Waals surface area contributed by atoms with Crippen LogP contribution in [0.25, 0.3) is 0 Å². The van der Waals surface area contributed by atoms with Crippen molar-refractivity contribution in [3.8, 4) is 0 Å². The molecule has 0 aromatic rings. The van der Waals surface area contributed by atoms with E-state index in [0.29, 0.717) is 6.42 Å². The summed E-state index contributed by atoms with van der Waals surface area (Å²) in [6.45, 7) is 0. The van der Waals surface area contributed by atoms with Crippen LogP contribution in [-0.2, 0) is 0 Å². The predicted octanol–water partition coefficient (Wildman–Crippen LogP) is 5.68. The van der Waals surface area contributed by atoms with Crippen molar-refractivity contribution in [1.29, 1.82) is 0 Å². The molecule has 0 radical (unpaired) electrons. The molecule has 2 bridgehead atoms. The molecule has 0 saturated heterocycles. The first-order chi connectivity index (χ1) is 8.11. The van der Waals surface area contributed by atoms with Gasteiger partial charge in [-0.25, -0.2) is 0 Å². The van der Waals surface area contributed by atoms with Crippen LogP contribution in [0, 0.1) is 11.8 Å². The van der Waals surface area contributed by atoms with E-state index >= 15 is 0 Å². The molecule has 8 heteroatoms. The highest BCUT2D eigenvalue weighted by molar-refractivity contribution is 6.66. The Morgan fingerprint density at radius 1 is 0.889 bits per heavy atom. The van der Waals surface area contributed by atoms with E-state index in [1.165, 1.54) is 0 Å². The fourth-order valence-electron chi connectivity index (χ4n) is 3.48. The Labute approximate surface area is 145 Å². The zero-order valence-electron chi connectivity index (χ0n) is 8.54. The molecular formula is C10H6Cl8. The summed E-state index contributed by atoms with van der Waals surface area (Å²) in [7, 11) is 0. The Morgan fingerprint density at radius 3 is 1.94 bits per heavy atom. The third kappa shape index (κ3) is 1.28. The van der Waals surface area contributed by atoms with Crippen LogP contribution < -0.4 is 0 Å². The summed E-state index contributed by atoms with van der Waals surface area (Å²) in [5, 5.41) is -0.259. The topological polar surface area (TPSA) is 0 Å². The van der Waals surface area contributed by atoms with E-state index in [-0.39, 0.29) is 27.3 Å². The Hall–Kier alpha value is 2.06. The maximum Gasteiger partial charge on any atom is 0.166 e. The van der Waals surface area contributed by atoms with E-state index in [9.17, 15) is 0 Å². The molecule has 2 fully saturated rings. The smallest absolute Gasteiger partial charge is 0.121 e. The number of alkyl halides is 6. The van der Waals surface area contributed by atoms with Gasteiger partial charge >= 0.3 is 0 Å². The Kier molecular flexibility index (Phi) is 3.39. The van der Waals surface area contributed by atoms with Crippen molar-refractivity contribution in [2.24, 2.45) is 11.8 Å². The molecule has 18 heavy (non-hydrogen) atoms. The lowest BCUT2D eigenvalue weighted by Gasteiger charge is -2.35. The van der Waals surface area contributed by atoms with Gasteiger partial charge in [0, 0.05) is 5.92 Å². The van der Waals surface area contributed by atoms with Gasteiger partial charge in [0.25, 0.3) is 0 Å². The predicted molar refractivity (Wildman–Crippen MR) is 81.2 cm³/mol. The molecule has 0 aromatic heterocycles. The molecule has 0 N–H and O–H groups in total. The van der Waals surface area contributed by atoms with E-state index < -0.39 is 19.5 Å². The summed E-state index contributed by atoms with van der Waals surface area (Å²) in [4.78, 5) is -2.50. The number of allylic oxidation sites excluding steroid dienone is 2. The van der Waals surface area contributed by atoms with Gasteiger partial charge in [-0.15, -0.1) is 46.4 Å². The largest absolute Gasteiger partial charge is 0.166 e. The summed E-state index contributed by atoms with van der Waals surface area (Å²) in [5.74, 6) is -0.488. The lowest BCUT2D eigenvalue weighted by Crippen LogP contribution is -2.47. The van der Waals surface area contributed by atoms with Crippen LogP contribution in [-0.4, -0.2) is 24.8 Å². The number of fused-ring (bicyclic) bond motifs is 5. The third-order valence-electron chi connectivity index (χ3n) is 4.32. The van der Waals surface area contributed by atoms with Crippen molar-refractivity contribution < 1.29 is 0 Å². The summed E-state index contributed by atoms with van der Waals surface area (Å²) >= 11 is 51.0. The number of hydrogen-bond acceptors (Lipinski definition) is 0. The van der Waals surface area contributed by atoms with Crippen LogP contribution in [0.1, 0.15) is 6.42 Å². The molecule has 0 aliphatic heterocycles. The minimum atomic E-state index is -1.50. The summed E-state index contributed by atoms with van der Waals surface area (Å²) in [5.41, 5.74) is 0. The van der Waals surface area contributed by atoms with Crippen LogP contribution in [0.15, 0.2) is 10.1 Å². The van der Waals surface area contributed by atoms with Crippen LogP contribution >= 0.6 is 92.8 Å². The van der Waals surface area contributed by atoms with E-state index in [0.717, 1.165) is 0 Å². The minimum absolute atomic E-state index is 0.184. The van der Waals surface area contributed by atoms with Gasteiger partial charge in [0.05, 0.1) is 20.8 Å². The molecule has 0 amide bonds. The zero-order valence-corrected chi connectivity index (χ0v) is 14.6. The summed E-state index contributed by atoms with van der Waals surface area (Å²) in [6.07, 6.45) is 0.555. The fourth-order valence-corrected chi connectivity index (χ4v) is 7.46. The van der Waals surface area contributed by atoms with Crippen LogP contribution in [0.4, 0.5) is 0 Å². The van der Waals surface area contributed by atoms with Gasteiger partial charge in [-0.2, -0.15) is 0 Å².